The molecule has 0 unspecified atom stereocenters. The van der Waals surface area contributed by atoms with Crippen LogP contribution in [-0.2, 0) is 4.79 Å². The van der Waals surface area contributed by atoms with Crippen molar-refractivity contribution in [3.63, 3.8) is 0 Å². The molecule has 0 atom stereocenters. The first-order valence-corrected chi connectivity index (χ1v) is 7.62. The summed E-state index contributed by atoms with van der Waals surface area (Å²) in [7, 11) is 1.69. The van der Waals surface area contributed by atoms with Crippen molar-refractivity contribution >= 4 is 11.8 Å². The lowest BCUT2D eigenvalue weighted by atomic mass is 10.0. The molecule has 1 fully saturated rings. The smallest absolute Gasteiger partial charge is 0.254 e. The highest BCUT2D eigenvalue weighted by Gasteiger charge is 2.21. The molecule has 0 N–H and O–H groups in total. The molecular formula is C17H24N2O2. The third kappa shape index (κ3) is 3.84. The number of likely N-dealkylation sites (tertiary alicyclic amines) is 1. The summed E-state index contributed by atoms with van der Waals surface area (Å²) in [4.78, 5) is 27.9. The van der Waals surface area contributed by atoms with Crippen molar-refractivity contribution in [3.8, 4) is 0 Å². The maximum Gasteiger partial charge on any atom is 0.254 e. The molecule has 4 nitrogen and oxygen atoms in total. The van der Waals surface area contributed by atoms with E-state index in [2.05, 4.69) is 13.8 Å². The summed E-state index contributed by atoms with van der Waals surface area (Å²) in [6.07, 6.45) is 2.14. The van der Waals surface area contributed by atoms with Crippen LogP contribution in [0.2, 0.25) is 0 Å². The molecule has 1 heterocycles. The number of benzene rings is 1. The predicted octanol–water partition coefficient (Wildman–Crippen LogP) is 2.50. The Labute approximate surface area is 126 Å². The van der Waals surface area contributed by atoms with E-state index in [1.54, 1.807) is 7.05 Å². The van der Waals surface area contributed by atoms with Gasteiger partial charge in [-0.25, -0.2) is 0 Å². The van der Waals surface area contributed by atoms with Crippen LogP contribution in [0, 0.1) is 0 Å². The maximum atomic E-state index is 12.4. The van der Waals surface area contributed by atoms with E-state index < -0.39 is 0 Å². The number of hydrogen-bond acceptors (Lipinski definition) is 2. The fraction of sp³-hybridized carbons (Fsp3) is 0.529. The lowest BCUT2D eigenvalue weighted by molar-refractivity contribution is -0.130. The summed E-state index contributed by atoms with van der Waals surface area (Å²) in [5.41, 5.74) is 1.79. The molecule has 1 aliphatic rings. The molecule has 1 aromatic carbocycles. The van der Waals surface area contributed by atoms with Crippen LogP contribution >= 0.6 is 0 Å². The number of hydrogen-bond donors (Lipinski definition) is 0. The molecule has 2 amide bonds. The molecular weight excluding hydrogens is 264 g/mol. The van der Waals surface area contributed by atoms with Gasteiger partial charge in [0.1, 0.15) is 0 Å². The Balaban J connectivity index is 2.01. The number of carbonyl (C=O) groups is 2. The van der Waals surface area contributed by atoms with Crippen LogP contribution in [-0.4, -0.2) is 48.3 Å². The van der Waals surface area contributed by atoms with Gasteiger partial charge in [0.2, 0.25) is 5.91 Å². The minimum atomic E-state index is -0.0925. The summed E-state index contributed by atoms with van der Waals surface area (Å²) < 4.78 is 0. The van der Waals surface area contributed by atoms with Gasteiger partial charge in [0.25, 0.3) is 5.91 Å². The zero-order valence-electron chi connectivity index (χ0n) is 13.1. The Morgan fingerprint density at radius 1 is 1.24 bits per heavy atom. The Bertz CT molecular complexity index is 519. The number of likely N-dealkylation sites (N-methyl/N-ethyl adjacent to an activating group) is 1. The quantitative estimate of drug-likeness (QED) is 0.854. The normalized spacial score (nSPS) is 14.6. The summed E-state index contributed by atoms with van der Waals surface area (Å²) in [5, 5.41) is 0. The first-order chi connectivity index (χ1) is 9.99. The molecule has 1 aromatic rings. The highest BCUT2D eigenvalue weighted by molar-refractivity contribution is 5.96. The van der Waals surface area contributed by atoms with Crippen molar-refractivity contribution in [1.82, 2.24) is 9.80 Å². The first-order valence-electron chi connectivity index (χ1n) is 7.62. The minimum absolute atomic E-state index is 0.0448. The largest absolute Gasteiger partial charge is 0.341 e. The molecule has 0 bridgehead atoms. The molecule has 0 radical (unpaired) electrons. The van der Waals surface area contributed by atoms with Gasteiger partial charge in [0, 0.05) is 25.7 Å². The van der Waals surface area contributed by atoms with Crippen LogP contribution in [0.5, 0.6) is 0 Å². The maximum absolute atomic E-state index is 12.4. The predicted molar refractivity (Wildman–Crippen MR) is 83.3 cm³/mol. The number of carbonyl (C=O) groups excluding carboxylic acids is 2. The Hall–Kier alpha value is -1.84. The second-order valence-corrected chi connectivity index (χ2v) is 6.03. The third-order valence-electron chi connectivity index (χ3n) is 3.98. The zero-order valence-corrected chi connectivity index (χ0v) is 13.1. The molecule has 21 heavy (non-hydrogen) atoms. The van der Waals surface area contributed by atoms with Gasteiger partial charge in [-0.05, 0) is 36.5 Å². The third-order valence-corrected chi connectivity index (χ3v) is 3.98. The van der Waals surface area contributed by atoms with E-state index in [1.807, 2.05) is 29.2 Å². The highest BCUT2D eigenvalue weighted by atomic mass is 16.2. The van der Waals surface area contributed by atoms with Crippen molar-refractivity contribution in [2.45, 2.75) is 32.6 Å². The van der Waals surface area contributed by atoms with Crippen molar-refractivity contribution in [2.75, 3.05) is 26.7 Å². The number of nitrogens with zero attached hydrogens (tertiary/aromatic N) is 2. The second kappa shape index (κ2) is 6.74. The van der Waals surface area contributed by atoms with Crippen LogP contribution < -0.4 is 0 Å². The molecule has 114 valence electrons. The van der Waals surface area contributed by atoms with Gasteiger partial charge in [-0.2, -0.15) is 0 Å². The Morgan fingerprint density at radius 2 is 1.90 bits per heavy atom. The topological polar surface area (TPSA) is 40.6 Å². The van der Waals surface area contributed by atoms with E-state index in [9.17, 15) is 9.59 Å². The molecule has 1 saturated heterocycles. The van der Waals surface area contributed by atoms with Gasteiger partial charge in [0.15, 0.2) is 0 Å². The number of amides is 2. The van der Waals surface area contributed by atoms with E-state index in [4.69, 9.17) is 0 Å². The van der Waals surface area contributed by atoms with Gasteiger partial charge in [-0.3, -0.25) is 9.59 Å². The van der Waals surface area contributed by atoms with Gasteiger partial charge < -0.3 is 9.80 Å². The first kappa shape index (κ1) is 15.5. The molecule has 1 aliphatic heterocycles. The van der Waals surface area contributed by atoms with Gasteiger partial charge in [-0.1, -0.05) is 26.0 Å². The molecule has 2 rings (SSSR count). The summed E-state index contributed by atoms with van der Waals surface area (Å²) in [6, 6.07) is 7.66. The Morgan fingerprint density at radius 3 is 2.52 bits per heavy atom. The zero-order chi connectivity index (χ0) is 15.4. The van der Waals surface area contributed by atoms with E-state index in [-0.39, 0.29) is 18.4 Å². The average Bonchev–Trinajstić information content (AvgIpc) is 3.00. The lowest BCUT2D eigenvalue weighted by Gasteiger charge is -2.21. The van der Waals surface area contributed by atoms with Crippen molar-refractivity contribution in [1.29, 1.82) is 0 Å². The van der Waals surface area contributed by atoms with E-state index in [0.29, 0.717) is 11.5 Å². The van der Waals surface area contributed by atoms with Crippen molar-refractivity contribution < 1.29 is 9.59 Å². The van der Waals surface area contributed by atoms with Crippen LogP contribution in [0.3, 0.4) is 0 Å². The van der Waals surface area contributed by atoms with Crippen LogP contribution in [0.25, 0.3) is 0 Å². The molecule has 0 aromatic heterocycles. The minimum Gasteiger partial charge on any atom is -0.341 e. The summed E-state index contributed by atoms with van der Waals surface area (Å²) in [5.74, 6) is 0.336. The lowest BCUT2D eigenvalue weighted by Crippen LogP contribution is -2.39. The average molecular weight is 288 g/mol. The van der Waals surface area contributed by atoms with Crippen LogP contribution in [0.15, 0.2) is 24.3 Å². The van der Waals surface area contributed by atoms with Crippen molar-refractivity contribution in [3.05, 3.63) is 35.4 Å². The molecule has 0 saturated carbocycles. The van der Waals surface area contributed by atoms with E-state index in [1.165, 1.54) is 4.90 Å². The van der Waals surface area contributed by atoms with Crippen LogP contribution in [0.4, 0.5) is 0 Å². The fourth-order valence-electron chi connectivity index (χ4n) is 2.59. The SMILES string of the molecule is CC(C)c1cccc(C(=O)N(C)CC(=O)N2CCCC2)c1. The van der Waals surface area contributed by atoms with Crippen molar-refractivity contribution in [2.24, 2.45) is 0 Å². The summed E-state index contributed by atoms with van der Waals surface area (Å²) >= 11 is 0. The van der Waals surface area contributed by atoms with Gasteiger partial charge >= 0.3 is 0 Å². The molecule has 4 heteroatoms. The second-order valence-electron chi connectivity index (χ2n) is 6.03. The van der Waals surface area contributed by atoms with Gasteiger partial charge in [0.05, 0.1) is 6.54 Å². The van der Waals surface area contributed by atoms with Gasteiger partial charge in [-0.15, -0.1) is 0 Å². The highest BCUT2D eigenvalue weighted by Crippen LogP contribution is 2.16. The van der Waals surface area contributed by atoms with E-state index in [0.717, 1.165) is 31.5 Å². The monoisotopic (exact) mass is 288 g/mol. The van der Waals surface area contributed by atoms with Crippen LogP contribution in [0.1, 0.15) is 48.5 Å². The Kier molecular flexibility index (Phi) is 4.99. The standard InChI is InChI=1S/C17H24N2O2/c1-13(2)14-7-6-8-15(11-14)17(21)18(3)12-16(20)19-9-4-5-10-19/h6-8,11,13H,4-5,9-10,12H2,1-3H3. The van der Waals surface area contributed by atoms with E-state index >= 15 is 0 Å². The molecule has 0 aliphatic carbocycles. The summed E-state index contributed by atoms with van der Waals surface area (Å²) in [6.45, 7) is 6.01. The number of rotatable bonds is 4. The molecule has 0 spiro atoms. The fourth-order valence-corrected chi connectivity index (χ4v) is 2.59.